The van der Waals surface area contributed by atoms with Crippen molar-refractivity contribution in [1.82, 2.24) is 0 Å². The number of cyclic esters (lactones) is 1. The molecule has 1 unspecified atom stereocenters. The molecule has 4 aliphatic carbocycles. The number of carbonyl (C=O) groups excluding carboxylic acids is 2. The van der Waals surface area contributed by atoms with Crippen LogP contribution < -0.4 is 0 Å². The van der Waals surface area contributed by atoms with Crippen molar-refractivity contribution < 1.29 is 34.0 Å². The molecule has 2 heterocycles. The van der Waals surface area contributed by atoms with Crippen molar-refractivity contribution in [3.63, 3.8) is 0 Å². The maximum Gasteiger partial charge on any atom is 0.331 e. The molecule has 7 nitrogen and oxygen atoms in total. The summed E-state index contributed by atoms with van der Waals surface area (Å²) in [6.45, 7) is 3.90. The SMILES string of the molecule is CC(=O)O[C@H]1CC[C@]23C(O)O[C@H](C[C@@H]4[C@@H]2CC[C@]2(C)[C@@H](C5=CC(=O)OC5)CC[C@@]42O)[C@@]3(Cl)C1. The van der Waals surface area contributed by atoms with Crippen molar-refractivity contribution in [2.75, 3.05) is 6.61 Å². The Morgan fingerprint density at radius 3 is 2.70 bits per heavy atom. The van der Waals surface area contributed by atoms with E-state index in [1.54, 1.807) is 6.08 Å². The third-order valence-electron chi connectivity index (χ3n) is 10.7. The predicted octanol–water partition coefficient (Wildman–Crippen LogP) is 2.84. The molecule has 182 valence electrons. The smallest absolute Gasteiger partial charge is 0.331 e. The molecular formula is C25H33ClO7. The second kappa shape index (κ2) is 6.96. The summed E-state index contributed by atoms with van der Waals surface area (Å²) in [6, 6.07) is 0. The molecule has 0 aromatic carbocycles. The van der Waals surface area contributed by atoms with Crippen molar-refractivity contribution >= 4 is 23.5 Å². The summed E-state index contributed by atoms with van der Waals surface area (Å²) in [7, 11) is 0. The van der Waals surface area contributed by atoms with E-state index in [0.717, 1.165) is 24.8 Å². The number of aliphatic hydroxyl groups excluding tert-OH is 1. The van der Waals surface area contributed by atoms with Gasteiger partial charge in [-0.3, -0.25) is 4.79 Å². The molecule has 2 N–H and O–H groups in total. The quantitative estimate of drug-likeness (QED) is 0.462. The van der Waals surface area contributed by atoms with E-state index in [9.17, 15) is 19.8 Å². The van der Waals surface area contributed by atoms with E-state index < -0.39 is 28.3 Å². The molecule has 6 aliphatic rings. The third kappa shape index (κ3) is 2.63. The number of fused-ring (bicyclic) bond motifs is 3. The van der Waals surface area contributed by atoms with Crippen LogP contribution in [0.1, 0.15) is 65.2 Å². The second-order valence-electron chi connectivity index (χ2n) is 11.6. The van der Waals surface area contributed by atoms with Crippen LogP contribution in [0, 0.1) is 28.6 Å². The van der Waals surface area contributed by atoms with E-state index in [0.29, 0.717) is 38.7 Å². The van der Waals surface area contributed by atoms with Gasteiger partial charge in [-0.25, -0.2) is 4.79 Å². The highest BCUT2D eigenvalue weighted by Crippen LogP contribution is 2.75. The Labute approximate surface area is 198 Å². The van der Waals surface area contributed by atoms with Gasteiger partial charge in [-0.05, 0) is 68.3 Å². The van der Waals surface area contributed by atoms with Crippen LogP contribution in [0.4, 0.5) is 0 Å². The molecule has 2 aliphatic heterocycles. The van der Waals surface area contributed by atoms with Crippen molar-refractivity contribution in [2.45, 2.75) is 94.2 Å². The Morgan fingerprint density at radius 1 is 1.21 bits per heavy atom. The Balaban J connectivity index is 1.36. The number of ether oxygens (including phenoxy) is 3. The molecule has 2 bridgehead atoms. The summed E-state index contributed by atoms with van der Waals surface area (Å²) in [6.07, 6.45) is 5.33. The molecule has 1 saturated heterocycles. The number of alkyl halides is 1. The molecule has 8 heteroatoms. The molecule has 4 saturated carbocycles. The molecule has 0 amide bonds. The fourth-order valence-corrected chi connectivity index (χ4v) is 9.92. The van der Waals surface area contributed by atoms with Crippen molar-refractivity contribution in [2.24, 2.45) is 28.6 Å². The van der Waals surface area contributed by atoms with Gasteiger partial charge in [-0.2, -0.15) is 0 Å². The number of hydrogen-bond donors (Lipinski definition) is 2. The lowest BCUT2D eigenvalue weighted by Gasteiger charge is -2.64. The highest BCUT2D eigenvalue weighted by Gasteiger charge is 2.78. The summed E-state index contributed by atoms with van der Waals surface area (Å²) >= 11 is 7.37. The molecular weight excluding hydrogens is 448 g/mol. The molecule has 33 heavy (non-hydrogen) atoms. The first-order valence-corrected chi connectivity index (χ1v) is 12.7. The minimum atomic E-state index is -0.984. The molecule has 6 rings (SSSR count). The van der Waals surface area contributed by atoms with Crippen LogP contribution in [0.5, 0.6) is 0 Å². The molecule has 10 atom stereocenters. The second-order valence-corrected chi connectivity index (χ2v) is 12.3. The molecule has 0 radical (unpaired) electrons. The van der Waals surface area contributed by atoms with Crippen LogP contribution in [-0.2, 0) is 23.8 Å². The fraction of sp³-hybridized carbons (Fsp3) is 0.840. The van der Waals surface area contributed by atoms with Crippen molar-refractivity contribution in [3.8, 4) is 0 Å². The van der Waals surface area contributed by atoms with Gasteiger partial charge in [0.1, 0.15) is 12.7 Å². The van der Waals surface area contributed by atoms with Gasteiger partial charge in [0.15, 0.2) is 6.29 Å². The Morgan fingerprint density at radius 2 is 2.00 bits per heavy atom. The zero-order chi connectivity index (χ0) is 23.4. The molecule has 0 spiro atoms. The molecule has 0 aromatic rings. The minimum absolute atomic E-state index is 0.0225. The Kier molecular flexibility index (Phi) is 4.71. The van der Waals surface area contributed by atoms with Crippen LogP contribution >= 0.6 is 11.6 Å². The number of aliphatic hydroxyl groups is 2. The normalized spacial score (nSPS) is 54.7. The van der Waals surface area contributed by atoms with E-state index in [-0.39, 0.29) is 41.2 Å². The van der Waals surface area contributed by atoms with E-state index in [1.807, 2.05) is 0 Å². The topological polar surface area (TPSA) is 102 Å². The highest BCUT2D eigenvalue weighted by molar-refractivity contribution is 6.25. The standard InChI is InChI=1S/C25H33ClO7/c1-13(27)32-15-3-7-23-17-4-6-22(2)16(14-9-20(28)31-12-14)5-8-25(22,30)18(17)10-19(33-21(23)29)24(23,26)11-15/h9,15-19,21,29-30H,3-8,10-12H2,1-2H3/t15-,16+,17-,18+,19+,21?,22+,23+,24-,25+/m0/s1. The van der Waals surface area contributed by atoms with E-state index in [4.69, 9.17) is 25.8 Å². The molecule has 0 aromatic heterocycles. The zero-order valence-electron chi connectivity index (χ0n) is 19.2. The summed E-state index contributed by atoms with van der Waals surface area (Å²) in [5.41, 5.74) is -0.953. The van der Waals surface area contributed by atoms with E-state index in [1.165, 1.54) is 6.92 Å². The average Bonchev–Trinajstić information content (AvgIpc) is 3.31. The van der Waals surface area contributed by atoms with Gasteiger partial charge >= 0.3 is 11.9 Å². The number of carbonyl (C=O) groups is 2. The van der Waals surface area contributed by atoms with Gasteiger partial charge in [0.05, 0.1) is 16.6 Å². The maximum atomic E-state index is 12.4. The lowest BCUT2D eigenvalue weighted by molar-refractivity contribution is -0.216. The summed E-state index contributed by atoms with van der Waals surface area (Å²) in [5.74, 6) is -0.519. The number of hydrogen-bond acceptors (Lipinski definition) is 7. The first-order chi connectivity index (χ1) is 15.5. The predicted molar refractivity (Wildman–Crippen MR) is 117 cm³/mol. The summed E-state index contributed by atoms with van der Waals surface area (Å²) in [5, 5.41) is 23.6. The fourth-order valence-electron chi connectivity index (χ4n) is 9.28. The first kappa shape index (κ1) is 22.3. The van der Waals surface area contributed by atoms with Crippen LogP contribution in [0.2, 0.25) is 0 Å². The number of rotatable bonds is 2. The van der Waals surface area contributed by atoms with Crippen LogP contribution in [0.3, 0.4) is 0 Å². The monoisotopic (exact) mass is 480 g/mol. The highest BCUT2D eigenvalue weighted by atomic mass is 35.5. The van der Waals surface area contributed by atoms with Gasteiger partial charge < -0.3 is 24.4 Å². The lowest BCUT2D eigenvalue weighted by atomic mass is 9.42. The zero-order valence-corrected chi connectivity index (χ0v) is 20.0. The number of esters is 2. The summed E-state index contributed by atoms with van der Waals surface area (Å²) in [4.78, 5) is 22.5. The average molecular weight is 481 g/mol. The lowest BCUT2D eigenvalue weighted by Crippen LogP contribution is -2.69. The number of halogens is 1. The molecule has 5 fully saturated rings. The van der Waals surface area contributed by atoms with Crippen LogP contribution in [-0.4, -0.2) is 57.7 Å². The van der Waals surface area contributed by atoms with Gasteiger partial charge in [0, 0.05) is 30.3 Å². The van der Waals surface area contributed by atoms with Gasteiger partial charge in [-0.1, -0.05) is 6.92 Å². The minimum Gasteiger partial charge on any atom is -0.462 e. The summed E-state index contributed by atoms with van der Waals surface area (Å²) < 4.78 is 16.9. The van der Waals surface area contributed by atoms with Crippen LogP contribution in [0.15, 0.2) is 11.6 Å². The van der Waals surface area contributed by atoms with E-state index in [2.05, 4.69) is 6.92 Å². The third-order valence-corrected chi connectivity index (χ3v) is 11.4. The van der Waals surface area contributed by atoms with Gasteiger partial charge in [-0.15, -0.1) is 11.6 Å². The van der Waals surface area contributed by atoms with Gasteiger partial charge in [0.2, 0.25) is 0 Å². The van der Waals surface area contributed by atoms with Crippen molar-refractivity contribution in [1.29, 1.82) is 0 Å². The maximum absolute atomic E-state index is 12.4. The Bertz CT molecular complexity index is 936. The largest absolute Gasteiger partial charge is 0.462 e. The van der Waals surface area contributed by atoms with Crippen molar-refractivity contribution in [3.05, 3.63) is 11.6 Å². The first-order valence-electron chi connectivity index (χ1n) is 12.3. The van der Waals surface area contributed by atoms with E-state index >= 15 is 0 Å². The van der Waals surface area contributed by atoms with Crippen LogP contribution in [0.25, 0.3) is 0 Å². The van der Waals surface area contributed by atoms with Gasteiger partial charge in [0.25, 0.3) is 0 Å². The Hall–Kier alpha value is -1.15.